The zero-order chi connectivity index (χ0) is 19.5. The lowest BCUT2D eigenvalue weighted by Gasteiger charge is -2.30. The van der Waals surface area contributed by atoms with Crippen molar-refractivity contribution in [2.75, 3.05) is 13.1 Å². The average molecular weight is 383 g/mol. The normalized spacial score (nSPS) is 15.4. The van der Waals surface area contributed by atoms with E-state index in [0.717, 1.165) is 30.8 Å². The molecule has 1 fully saturated rings. The van der Waals surface area contributed by atoms with E-state index in [9.17, 15) is 13.6 Å². The predicted molar refractivity (Wildman–Crippen MR) is 100 cm³/mol. The molecule has 3 heterocycles. The zero-order valence-corrected chi connectivity index (χ0v) is 15.1. The maximum Gasteiger partial charge on any atom is 0.246 e. The number of carbonyl (C=O) groups is 1. The summed E-state index contributed by atoms with van der Waals surface area (Å²) < 4.78 is 31.7. The second kappa shape index (κ2) is 7.80. The summed E-state index contributed by atoms with van der Waals surface area (Å²) in [6.45, 7) is 1.26. The maximum absolute atomic E-state index is 13.4. The number of benzene rings is 1. The number of rotatable bonds is 4. The van der Waals surface area contributed by atoms with Crippen molar-refractivity contribution >= 4 is 12.0 Å². The monoisotopic (exact) mass is 383 g/mol. The highest BCUT2D eigenvalue weighted by atomic mass is 19.2. The molecule has 0 unspecified atom stereocenters. The Morgan fingerprint density at radius 1 is 1.21 bits per heavy atom. The number of hydrogen-bond donors (Lipinski definition) is 1. The van der Waals surface area contributed by atoms with Gasteiger partial charge in [0.15, 0.2) is 11.6 Å². The summed E-state index contributed by atoms with van der Waals surface area (Å²) in [5.41, 5.74) is 1.20. The summed E-state index contributed by atoms with van der Waals surface area (Å²) in [7, 11) is 0. The third-order valence-electron chi connectivity index (χ3n) is 4.95. The minimum atomic E-state index is -0.886. The molecule has 1 aromatic carbocycles. The number of amides is 1. The first-order chi connectivity index (χ1) is 13.6. The molecule has 0 bridgehead atoms. The first-order valence-corrected chi connectivity index (χ1v) is 9.11. The third kappa shape index (κ3) is 3.88. The molecule has 3 aromatic rings. The van der Waals surface area contributed by atoms with Crippen LogP contribution < -0.4 is 0 Å². The van der Waals surface area contributed by atoms with Crippen LogP contribution in [-0.2, 0) is 4.79 Å². The second-order valence-corrected chi connectivity index (χ2v) is 6.76. The quantitative estimate of drug-likeness (QED) is 0.681. The van der Waals surface area contributed by atoms with Crippen molar-refractivity contribution in [2.24, 2.45) is 0 Å². The van der Waals surface area contributed by atoms with Gasteiger partial charge in [-0.25, -0.2) is 13.8 Å². The molecule has 7 heteroatoms. The number of hydrogen-bond acceptors (Lipinski definition) is 3. The van der Waals surface area contributed by atoms with Crippen LogP contribution in [0.15, 0.2) is 53.3 Å². The Morgan fingerprint density at radius 3 is 2.75 bits per heavy atom. The molecule has 1 aliphatic rings. The number of piperidine rings is 1. The number of H-pyrrole nitrogens is 1. The molecule has 5 nitrogen and oxygen atoms in total. The Labute approximate surface area is 160 Å². The molecule has 0 aliphatic carbocycles. The molecule has 2 aromatic heterocycles. The molecule has 4 rings (SSSR count). The molecule has 1 amide bonds. The van der Waals surface area contributed by atoms with Crippen LogP contribution in [0.25, 0.3) is 17.3 Å². The van der Waals surface area contributed by atoms with E-state index in [2.05, 4.69) is 9.97 Å². The van der Waals surface area contributed by atoms with Gasteiger partial charge in [0, 0.05) is 30.6 Å². The number of imidazole rings is 1. The molecule has 1 aliphatic heterocycles. The highest BCUT2D eigenvalue weighted by Gasteiger charge is 2.24. The standard InChI is InChI=1S/C21H19F2N3O2/c22-17-5-3-15(12-18(17)23)19-13-24-21(25-19)14-7-9-26(10-8-14)20(27)6-4-16-2-1-11-28-16/h1-6,11-14H,7-10H2,(H,24,25). The van der Waals surface area contributed by atoms with Gasteiger partial charge in [0.1, 0.15) is 11.6 Å². The van der Waals surface area contributed by atoms with Gasteiger partial charge in [0.2, 0.25) is 5.91 Å². The van der Waals surface area contributed by atoms with E-state index in [1.807, 2.05) is 0 Å². The fourth-order valence-corrected chi connectivity index (χ4v) is 3.37. The Hall–Kier alpha value is -3.22. The highest BCUT2D eigenvalue weighted by Crippen LogP contribution is 2.28. The van der Waals surface area contributed by atoms with Gasteiger partial charge in [0.05, 0.1) is 18.2 Å². The largest absolute Gasteiger partial charge is 0.465 e. The van der Waals surface area contributed by atoms with Gasteiger partial charge in [0.25, 0.3) is 0 Å². The van der Waals surface area contributed by atoms with Gasteiger partial charge in [-0.2, -0.15) is 0 Å². The molecule has 1 saturated heterocycles. The molecule has 0 saturated carbocycles. The molecule has 28 heavy (non-hydrogen) atoms. The van der Waals surface area contributed by atoms with E-state index in [1.54, 1.807) is 35.6 Å². The minimum absolute atomic E-state index is 0.0447. The first-order valence-electron chi connectivity index (χ1n) is 9.11. The molecular weight excluding hydrogens is 364 g/mol. The van der Waals surface area contributed by atoms with Crippen LogP contribution in [0.4, 0.5) is 8.78 Å². The van der Waals surface area contributed by atoms with Gasteiger partial charge >= 0.3 is 0 Å². The van der Waals surface area contributed by atoms with Crippen LogP contribution in [0.2, 0.25) is 0 Å². The van der Waals surface area contributed by atoms with Gasteiger partial charge in [-0.15, -0.1) is 0 Å². The summed E-state index contributed by atoms with van der Waals surface area (Å²) in [5.74, 6) is -0.167. The van der Waals surface area contributed by atoms with Crippen molar-refractivity contribution in [3.8, 4) is 11.3 Å². The third-order valence-corrected chi connectivity index (χ3v) is 4.95. The first kappa shape index (κ1) is 18.2. The second-order valence-electron chi connectivity index (χ2n) is 6.76. The van der Waals surface area contributed by atoms with Crippen LogP contribution in [0.1, 0.15) is 30.3 Å². The molecule has 0 radical (unpaired) electrons. The number of halogens is 2. The number of likely N-dealkylation sites (tertiary alicyclic amines) is 1. The van der Waals surface area contributed by atoms with Crippen LogP contribution in [0.3, 0.4) is 0 Å². The van der Waals surface area contributed by atoms with Crippen molar-refractivity contribution < 1.29 is 18.0 Å². The molecular formula is C21H19F2N3O2. The Balaban J connectivity index is 1.37. The number of aromatic nitrogens is 2. The molecule has 1 N–H and O–H groups in total. The zero-order valence-electron chi connectivity index (χ0n) is 15.1. The van der Waals surface area contributed by atoms with Crippen LogP contribution >= 0.6 is 0 Å². The van der Waals surface area contributed by atoms with E-state index in [0.29, 0.717) is 30.1 Å². The van der Waals surface area contributed by atoms with E-state index < -0.39 is 11.6 Å². The lowest BCUT2D eigenvalue weighted by molar-refractivity contribution is -0.127. The van der Waals surface area contributed by atoms with Gasteiger partial charge in [-0.3, -0.25) is 4.79 Å². The van der Waals surface area contributed by atoms with E-state index in [-0.39, 0.29) is 11.8 Å². The van der Waals surface area contributed by atoms with Crippen molar-refractivity contribution in [1.29, 1.82) is 0 Å². The predicted octanol–water partition coefficient (Wildman–Crippen LogP) is 4.37. The number of nitrogens with one attached hydrogen (secondary N) is 1. The van der Waals surface area contributed by atoms with E-state index >= 15 is 0 Å². The summed E-state index contributed by atoms with van der Waals surface area (Å²) >= 11 is 0. The SMILES string of the molecule is O=C(C=Cc1ccco1)N1CCC(c2ncc(-c3ccc(F)c(F)c3)[nH]2)CC1. The van der Waals surface area contributed by atoms with Gasteiger partial charge in [-0.1, -0.05) is 0 Å². The number of aromatic amines is 1. The van der Waals surface area contributed by atoms with Crippen molar-refractivity contribution in [3.63, 3.8) is 0 Å². The number of furan rings is 1. The molecule has 0 atom stereocenters. The Kier molecular flexibility index (Phi) is 5.06. The van der Waals surface area contributed by atoms with Crippen molar-refractivity contribution in [1.82, 2.24) is 14.9 Å². The van der Waals surface area contributed by atoms with Crippen LogP contribution in [-0.4, -0.2) is 33.9 Å². The lowest BCUT2D eigenvalue weighted by Crippen LogP contribution is -2.37. The number of nitrogens with zero attached hydrogens (tertiary/aromatic N) is 2. The van der Waals surface area contributed by atoms with Crippen molar-refractivity contribution in [3.05, 3.63) is 72.1 Å². The number of carbonyl (C=O) groups excluding carboxylic acids is 1. The lowest BCUT2D eigenvalue weighted by atomic mass is 9.96. The van der Waals surface area contributed by atoms with E-state index in [4.69, 9.17) is 4.42 Å². The fourth-order valence-electron chi connectivity index (χ4n) is 3.37. The summed E-state index contributed by atoms with van der Waals surface area (Å²) in [5, 5.41) is 0. The van der Waals surface area contributed by atoms with Crippen molar-refractivity contribution in [2.45, 2.75) is 18.8 Å². The average Bonchev–Trinajstić information content (AvgIpc) is 3.40. The Morgan fingerprint density at radius 2 is 2.04 bits per heavy atom. The van der Waals surface area contributed by atoms with Gasteiger partial charge in [-0.05, 0) is 49.2 Å². The topological polar surface area (TPSA) is 62.1 Å². The fraction of sp³-hybridized carbons (Fsp3) is 0.238. The highest BCUT2D eigenvalue weighted by molar-refractivity contribution is 5.91. The van der Waals surface area contributed by atoms with Gasteiger partial charge < -0.3 is 14.3 Å². The van der Waals surface area contributed by atoms with E-state index in [1.165, 1.54) is 12.1 Å². The maximum atomic E-state index is 13.4. The van der Waals surface area contributed by atoms with Crippen LogP contribution in [0, 0.1) is 11.6 Å². The Bertz CT molecular complexity index is 987. The smallest absolute Gasteiger partial charge is 0.246 e. The molecule has 144 valence electrons. The summed E-state index contributed by atoms with van der Waals surface area (Å²) in [6.07, 6.45) is 7.94. The summed E-state index contributed by atoms with van der Waals surface area (Å²) in [6, 6.07) is 7.33. The van der Waals surface area contributed by atoms with Crippen LogP contribution in [0.5, 0.6) is 0 Å². The molecule has 0 spiro atoms. The minimum Gasteiger partial charge on any atom is -0.465 e. The summed E-state index contributed by atoms with van der Waals surface area (Å²) in [4.78, 5) is 21.7.